The Kier molecular flexibility index (Phi) is 3.60. The molecule has 3 heterocycles. The number of hydrogen-bond donors (Lipinski definition) is 1. The van der Waals surface area contributed by atoms with Gasteiger partial charge >= 0.3 is 0 Å². The van der Waals surface area contributed by atoms with Gasteiger partial charge in [-0.1, -0.05) is 24.3 Å². The summed E-state index contributed by atoms with van der Waals surface area (Å²) in [5, 5.41) is 3.24. The van der Waals surface area contributed by atoms with Gasteiger partial charge in [-0.2, -0.15) is 0 Å². The molecule has 0 atom stereocenters. The number of pyridine rings is 1. The maximum atomic E-state index is 4.65. The second kappa shape index (κ2) is 6.04. The summed E-state index contributed by atoms with van der Waals surface area (Å²) >= 11 is 0. The van der Waals surface area contributed by atoms with Crippen LogP contribution in [-0.4, -0.2) is 21.5 Å². The van der Waals surface area contributed by atoms with Gasteiger partial charge in [-0.25, -0.2) is 9.97 Å². The Bertz CT molecular complexity index is 789. The van der Waals surface area contributed by atoms with E-state index in [1.807, 2.05) is 30.5 Å². The summed E-state index contributed by atoms with van der Waals surface area (Å²) in [4.78, 5) is 15.7. The zero-order valence-electron chi connectivity index (χ0n) is 12.7. The first-order chi connectivity index (χ1) is 11.4. The molecule has 0 spiro atoms. The van der Waals surface area contributed by atoms with E-state index in [1.54, 1.807) is 6.20 Å². The molecule has 23 heavy (non-hydrogen) atoms. The molecule has 1 aliphatic rings. The van der Waals surface area contributed by atoms with Crippen molar-refractivity contribution in [2.45, 2.75) is 13.0 Å². The molecule has 0 aliphatic carbocycles. The standard InChI is InChI=1S/C18H17N5/c1-2-7-15(8-3-1)23-11-9-16-17(23)13-21-18(22-16)20-12-14-6-4-5-10-19-14/h1-8,10,13H,9,11-12H2,(H,20,21,22). The number of nitrogens with zero attached hydrogens (tertiary/aromatic N) is 4. The number of rotatable bonds is 4. The van der Waals surface area contributed by atoms with Crippen LogP contribution in [0.4, 0.5) is 17.3 Å². The first kappa shape index (κ1) is 13.7. The second-order valence-corrected chi connectivity index (χ2v) is 5.44. The van der Waals surface area contributed by atoms with Crippen LogP contribution in [0.25, 0.3) is 0 Å². The van der Waals surface area contributed by atoms with Crippen molar-refractivity contribution in [3.63, 3.8) is 0 Å². The fraction of sp³-hybridized carbons (Fsp3) is 0.167. The summed E-state index contributed by atoms with van der Waals surface area (Å²) in [6.45, 7) is 1.57. The van der Waals surface area contributed by atoms with Crippen molar-refractivity contribution in [3.8, 4) is 0 Å². The fourth-order valence-electron chi connectivity index (χ4n) is 2.79. The van der Waals surface area contributed by atoms with Gasteiger partial charge in [-0.15, -0.1) is 0 Å². The van der Waals surface area contributed by atoms with Gasteiger partial charge in [0.25, 0.3) is 0 Å². The molecule has 3 aromatic rings. The molecule has 5 heteroatoms. The van der Waals surface area contributed by atoms with E-state index in [0.29, 0.717) is 12.5 Å². The van der Waals surface area contributed by atoms with Crippen molar-refractivity contribution in [1.29, 1.82) is 0 Å². The average molecular weight is 303 g/mol. The minimum absolute atomic E-state index is 0.627. The molecule has 0 bridgehead atoms. The Labute approximate surface area is 135 Å². The Morgan fingerprint density at radius 1 is 1.00 bits per heavy atom. The Balaban J connectivity index is 1.51. The summed E-state index contributed by atoms with van der Waals surface area (Å²) in [7, 11) is 0. The van der Waals surface area contributed by atoms with Gasteiger partial charge < -0.3 is 10.2 Å². The molecule has 1 aliphatic heterocycles. The highest BCUT2D eigenvalue weighted by Crippen LogP contribution is 2.33. The minimum atomic E-state index is 0.627. The lowest BCUT2D eigenvalue weighted by Gasteiger charge is -2.18. The number of benzene rings is 1. The Hall–Kier alpha value is -2.95. The van der Waals surface area contributed by atoms with Gasteiger partial charge in [0, 0.05) is 24.8 Å². The van der Waals surface area contributed by atoms with Crippen LogP contribution in [0.5, 0.6) is 0 Å². The predicted molar refractivity (Wildman–Crippen MR) is 90.7 cm³/mol. The van der Waals surface area contributed by atoms with Crippen molar-refractivity contribution in [3.05, 3.63) is 72.3 Å². The number of anilines is 3. The molecule has 1 N–H and O–H groups in total. The average Bonchev–Trinajstić information content (AvgIpc) is 3.05. The summed E-state index contributed by atoms with van der Waals surface area (Å²) in [5.41, 5.74) is 4.35. The normalized spacial score (nSPS) is 13.0. The van der Waals surface area contributed by atoms with E-state index in [4.69, 9.17) is 0 Å². The van der Waals surface area contributed by atoms with Crippen LogP contribution in [-0.2, 0) is 13.0 Å². The zero-order chi connectivity index (χ0) is 15.5. The molecule has 0 saturated heterocycles. The van der Waals surface area contributed by atoms with Crippen LogP contribution in [0, 0.1) is 0 Å². The first-order valence-corrected chi connectivity index (χ1v) is 7.72. The topological polar surface area (TPSA) is 53.9 Å². The largest absolute Gasteiger partial charge is 0.349 e. The molecule has 0 radical (unpaired) electrons. The van der Waals surface area contributed by atoms with Crippen LogP contribution in [0.3, 0.4) is 0 Å². The fourth-order valence-corrected chi connectivity index (χ4v) is 2.79. The van der Waals surface area contributed by atoms with E-state index >= 15 is 0 Å². The smallest absolute Gasteiger partial charge is 0.223 e. The van der Waals surface area contributed by atoms with Crippen molar-refractivity contribution in [2.75, 3.05) is 16.8 Å². The number of aromatic nitrogens is 3. The third-order valence-electron chi connectivity index (χ3n) is 3.93. The number of nitrogens with one attached hydrogen (secondary N) is 1. The van der Waals surface area contributed by atoms with E-state index in [0.717, 1.165) is 30.0 Å². The van der Waals surface area contributed by atoms with Crippen LogP contribution in [0.1, 0.15) is 11.4 Å². The molecular weight excluding hydrogens is 286 g/mol. The molecule has 0 unspecified atom stereocenters. The summed E-state index contributed by atoms with van der Waals surface area (Å²) < 4.78 is 0. The van der Waals surface area contributed by atoms with Crippen molar-refractivity contribution >= 4 is 17.3 Å². The lowest BCUT2D eigenvalue weighted by atomic mass is 10.3. The molecule has 5 nitrogen and oxygen atoms in total. The highest BCUT2D eigenvalue weighted by atomic mass is 15.2. The Morgan fingerprint density at radius 3 is 2.70 bits per heavy atom. The van der Waals surface area contributed by atoms with Crippen LogP contribution >= 0.6 is 0 Å². The molecule has 2 aromatic heterocycles. The maximum Gasteiger partial charge on any atom is 0.223 e. The van der Waals surface area contributed by atoms with Crippen molar-refractivity contribution < 1.29 is 0 Å². The highest BCUT2D eigenvalue weighted by molar-refractivity contribution is 5.68. The summed E-state index contributed by atoms with van der Waals surface area (Å²) in [6.07, 6.45) is 4.63. The highest BCUT2D eigenvalue weighted by Gasteiger charge is 2.22. The predicted octanol–water partition coefficient (Wildman–Crippen LogP) is 3.18. The summed E-state index contributed by atoms with van der Waals surface area (Å²) in [5.74, 6) is 0.657. The van der Waals surface area contributed by atoms with Gasteiger partial charge in [0.1, 0.15) is 0 Å². The second-order valence-electron chi connectivity index (χ2n) is 5.44. The zero-order valence-corrected chi connectivity index (χ0v) is 12.7. The lowest BCUT2D eigenvalue weighted by Crippen LogP contribution is -2.13. The van der Waals surface area contributed by atoms with Gasteiger partial charge in [0.2, 0.25) is 5.95 Å². The van der Waals surface area contributed by atoms with Crippen LogP contribution in [0.15, 0.2) is 60.9 Å². The van der Waals surface area contributed by atoms with E-state index in [2.05, 4.69) is 49.4 Å². The molecule has 4 rings (SSSR count). The van der Waals surface area contributed by atoms with E-state index < -0.39 is 0 Å². The molecular formula is C18H17N5. The van der Waals surface area contributed by atoms with Crippen molar-refractivity contribution in [1.82, 2.24) is 15.0 Å². The molecule has 1 aromatic carbocycles. The van der Waals surface area contributed by atoms with Gasteiger partial charge in [-0.05, 0) is 24.3 Å². The van der Waals surface area contributed by atoms with E-state index in [1.165, 1.54) is 5.69 Å². The first-order valence-electron chi connectivity index (χ1n) is 7.72. The minimum Gasteiger partial charge on any atom is -0.349 e. The van der Waals surface area contributed by atoms with Crippen LogP contribution in [0.2, 0.25) is 0 Å². The quantitative estimate of drug-likeness (QED) is 0.802. The van der Waals surface area contributed by atoms with Crippen molar-refractivity contribution in [2.24, 2.45) is 0 Å². The SMILES string of the molecule is c1ccc(N2CCc3nc(NCc4ccccn4)ncc32)cc1. The molecule has 0 amide bonds. The molecule has 0 fully saturated rings. The lowest BCUT2D eigenvalue weighted by molar-refractivity contribution is 0.961. The van der Waals surface area contributed by atoms with Crippen LogP contribution < -0.4 is 10.2 Å². The number of hydrogen-bond acceptors (Lipinski definition) is 5. The third-order valence-corrected chi connectivity index (χ3v) is 3.93. The van der Waals surface area contributed by atoms with E-state index in [-0.39, 0.29) is 0 Å². The maximum absolute atomic E-state index is 4.65. The number of para-hydroxylation sites is 1. The number of fused-ring (bicyclic) bond motifs is 1. The van der Waals surface area contributed by atoms with E-state index in [9.17, 15) is 0 Å². The van der Waals surface area contributed by atoms with Gasteiger partial charge in [-0.3, -0.25) is 4.98 Å². The molecule has 0 saturated carbocycles. The summed E-state index contributed by atoms with van der Waals surface area (Å²) in [6, 6.07) is 16.2. The van der Waals surface area contributed by atoms with Gasteiger partial charge in [0.05, 0.1) is 29.8 Å². The third kappa shape index (κ3) is 2.85. The Morgan fingerprint density at radius 2 is 1.87 bits per heavy atom. The van der Waals surface area contributed by atoms with Gasteiger partial charge in [0.15, 0.2) is 0 Å². The monoisotopic (exact) mass is 303 g/mol. The molecule has 114 valence electrons.